The number of thioether (sulfide) groups is 1. The van der Waals surface area contributed by atoms with Gasteiger partial charge in [-0.15, -0.1) is 11.8 Å². The second-order valence-electron chi connectivity index (χ2n) is 3.94. The van der Waals surface area contributed by atoms with E-state index in [1.165, 1.54) is 6.07 Å². The lowest BCUT2D eigenvalue weighted by molar-refractivity contribution is 0.289. The molecule has 1 rings (SSSR count). The van der Waals surface area contributed by atoms with Crippen molar-refractivity contribution in [1.82, 2.24) is 5.32 Å². The summed E-state index contributed by atoms with van der Waals surface area (Å²) in [5.41, 5.74) is 0.726. The lowest BCUT2D eigenvalue weighted by Crippen LogP contribution is -2.14. The van der Waals surface area contributed by atoms with Crippen molar-refractivity contribution in [2.75, 3.05) is 13.2 Å². The topological polar surface area (TPSA) is 32.3 Å². The second-order valence-corrected chi connectivity index (χ2v) is 5.42. The van der Waals surface area contributed by atoms with Crippen LogP contribution in [-0.2, 0) is 6.54 Å². The Kier molecular flexibility index (Phi) is 6.55. The van der Waals surface area contributed by atoms with E-state index in [-0.39, 0.29) is 12.4 Å². The highest BCUT2D eigenvalue weighted by atomic mass is 32.2. The van der Waals surface area contributed by atoms with Crippen LogP contribution in [0.4, 0.5) is 4.39 Å². The van der Waals surface area contributed by atoms with E-state index in [0.29, 0.717) is 11.8 Å². The van der Waals surface area contributed by atoms with Crippen molar-refractivity contribution < 1.29 is 9.50 Å². The van der Waals surface area contributed by atoms with Gasteiger partial charge in [0.1, 0.15) is 5.82 Å². The summed E-state index contributed by atoms with van der Waals surface area (Å²) in [7, 11) is 0. The quantitative estimate of drug-likeness (QED) is 0.737. The van der Waals surface area contributed by atoms with Crippen LogP contribution < -0.4 is 5.32 Å². The van der Waals surface area contributed by atoms with Gasteiger partial charge in [-0.25, -0.2) is 4.39 Å². The van der Waals surface area contributed by atoms with Crippen LogP contribution in [0.15, 0.2) is 23.1 Å². The van der Waals surface area contributed by atoms with Crippen molar-refractivity contribution >= 4 is 11.8 Å². The zero-order valence-electron chi connectivity index (χ0n) is 10.4. The first-order chi connectivity index (χ1) is 8.19. The molecule has 0 saturated carbocycles. The molecule has 1 aromatic rings. The summed E-state index contributed by atoms with van der Waals surface area (Å²) >= 11 is 1.62. The summed E-state index contributed by atoms with van der Waals surface area (Å²) in [5, 5.41) is 12.3. The largest absolute Gasteiger partial charge is 0.396 e. The molecule has 2 N–H and O–H groups in total. The predicted octanol–water partition coefficient (Wildman–Crippen LogP) is 2.80. The minimum Gasteiger partial charge on any atom is -0.396 e. The van der Waals surface area contributed by atoms with E-state index >= 15 is 0 Å². The molecule has 17 heavy (non-hydrogen) atoms. The number of aliphatic hydroxyl groups excluding tert-OH is 1. The van der Waals surface area contributed by atoms with E-state index in [1.54, 1.807) is 17.8 Å². The molecule has 1 aromatic carbocycles. The van der Waals surface area contributed by atoms with Crippen molar-refractivity contribution in [3.63, 3.8) is 0 Å². The Labute approximate surface area is 107 Å². The van der Waals surface area contributed by atoms with Crippen LogP contribution in [0, 0.1) is 5.82 Å². The Balaban J connectivity index is 2.78. The molecule has 96 valence electrons. The Morgan fingerprint density at radius 3 is 2.88 bits per heavy atom. The number of nitrogens with one attached hydrogen (secondary N) is 1. The van der Waals surface area contributed by atoms with Crippen LogP contribution >= 0.6 is 11.8 Å². The Bertz CT molecular complexity index is 346. The lowest BCUT2D eigenvalue weighted by Gasteiger charge is -2.14. The van der Waals surface area contributed by atoms with Gasteiger partial charge in [0.25, 0.3) is 0 Å². The van der Waals surface area contributed by atoms with Gasteiger partial charge in [0, 0.05) is 28.9 Å². The van der Waals surface area contributed by atoms with E-state index in [2.05, 4.69) is 5.32 Å². The number of halogens is 1. The molecule has 0 spiro atoms. The molecule has 0 aromatic heterocycles. The summed E-state index contributed by atoms with van der Waals surface area (Å²) in [6, 6.07) is 5.17. The fourth-order valence-corrected chi connectivity index (χ4v) is 2.65. The van der Waals surface area contributed by atoms with Gasteiger partial charge in [0.05, 0.1) is 0 Å². The second kappa shape index (κ2) is 7.69. The molecule has 0 heterocycles. The molecule has 0 aliphatic carbocycles. The first kappa shape index (κ1) is 14.5. The summed E-state index contributed by atoms with van der Waals surface area (Å²) in [6.45, 7) is 5.60. The highest BCUT2D eigenvalue weighted by molar-refractivity contribution is 8.00. The van der Waals surface area contributed by atoms with Crippen LogP contribution in [0.25, 0.3) is 0 Å². The van der Waals surface area contributed by atoms with Crippen molar-refractivity contribution in [2.45, 2.75) is 37.0 Å². The minimum absolute atomic E-state index is 0.160. The lowest BCUT2D eigenvalue weighted by atomic mass is 10.2. The summed E-state index contributed by atoms with van der Waals surface area (Å²) in [6.07, 6.45) is 0.724. The molecule has 0 amide bonds. The van der Waals surface area contributed by atoms with E-state index in [0.717, 1.165) is 23.4 Å². The van der Waals surface area contributed by atoms with Crippen LogP contribution in [0.1, 0.15) is 25.8 Å². The van der Waals surface area contributed by atoms with Crippen LogP contribution in [0.2, 0.25) is 0 Å². The van der Waals surface area contributed by atoms with Crippen LogP contribution in [0.3, 0.4) is 0 Å². The molecular formula is C13H20FNOS. The van der Waals surface area contributed by atoms with Crippen LogP contribution in [0.5, 0.6) is 0 Å². The molecule has 0 saturated heterocycles. The zero-order valence-corrected chi connectivity index (χ0v) is 11.2. The normalized spacial score (nSPS) is 12.7. The van der Waals surface area contributed by atoms with Gasteiger partial charge in [-0.3, -0.25) is 0 Å². The molecule has 0 bridgehead atoms. The molecule has 4 heteroatoms. The number of aliphatic hydroxyl groups is 1. The van der Waals surface area contributed by atoms with Crippen molar-refractivity contribution in [2.24, 2.45) is 0 Å². The number of hydrogen-bond acceptors (Lipinski definition) is 3. The first-order valence-corrected chi connectivity index (χ1v) is 6.82. The van der Waals surface area contributed by atoms with Gasteiger partial charge in [-0.05, 0) is 25.1 Å². The fraction of sp³-hybridized carbons (Fsp3) is 0.538. The van der Waals surface area contributed by atoms with Gasteiger partial charge in [0.15, 0.2) is 0 Å². The summed E-state index contributed by atoms with van der Waals surface area (Å²) in [4.78, 5) is 0.965. The Morgan fingerprint density at radius 2 is 2.24 bits per heavy atom. The van der Waals surface area contributed by atoms with Gasteiger partial charge < -0.3 is 10.4 Å². The maximum absolute atomic E-state index is 13.7. The van der Waals surface area contributed by atoms with Crippen molar-refractivity contribution in [3.05, 3.63) is 29.6 Å². The molecule has 0 aliphatic heterocycles. The predicted molar refractivity (Wildman–Crippen MR) is 70.8 cm³/mol. The third kappa shape index (κ3) is 4.66. The van der Waals surface area contributed by atoms with Gasteiger partial charge in [-0.2, -0.15) is 0 Å². The standard InChI is InChI=1S/C13H20FNOS/c1-3-15-9-11-12(14)5-4-6-13(11)17-10(2)7-8-16/h4-6,10,15-16H,3,7-9H2,1-2H3. The highest BCUT2D eigenvalue weighted by Crippen LogP contribution is 2.29. The summed E-state index contributed by atoms with van der Waals surface area (Å²) in [5.74, 6) is -0.160. The number of hydrogen-bond donors (Lipinski definition) is 2. The van der Waals surface area contributed by atoms with E-state index in [4.69, 9.17) is 5.11 Å². The molecule has 0 aliphatic rings. The number of benzene rings is 1. The molecule has 2 nitrogen and oxygen atoms in total. The monoisotopic (exact) mass is 257 g/mol. The smallest absolute Gasteiger partial charge is 0.128 e. The van der Waals surface area contributed by atoms with E-state index in [1.807, 2.05) is 19.9 Å². The molecular weight excluding hydrogens is 237 g/mol. The first-order valence-electron chi connectivity index (χ1n) is 5.94. The molecule has 0 radical (unpaired) electrons. The highest BCUT2D eigenvalue weighted by Gasteiger charge is 2.11. The Morgan fingerprint density at radius 1 is 1.47 bits per heavy atom. The average Bonchev–Trinajstić information content (AvgIpc) is 2.28. The van der Waals surface area contributed by atoms with Gasteiger partial charge in [0.2, 0.25) is 0 Å². The molecule has 0 fully saturated rings. The van der Waals surface area contributed by atoms with Crippen molar-refractivity contribution in [3.8, 4) is 0 Å². The average molecular weight is 257 g/mol. The summed E-state index contributed by atoms with van der Waals surface area (Å²) < 4.78 is 13.7. The number of rotatable bonds is 7. The third-order valence-corrected chi connectivity index (χ3v) is 3.77. The maximum atomic E-state index is 13.7. The van der Waals surface area contributed by atoms with Crippen LogP contribution in [-0.4, -0.2) is 23.5 Å². The minimum atomic E-state index is -0.160. The Hall–Kier alpha value is -0.580. The molecule has 1 unspecified atom stereocenters. The molecule has 1 atom stereocenters. The third-order valence-electron chi connectivity index (χ3n) is 2.49. The van der Waals surface area contributed by atoms with E-state index in [9.17, 15) is 4.39 Å². The zero-order chi connectivity index (χ0) is 12.7. The van der Waals surface area contributed by atoms with Gasteiger partial charge >= 0.3 is 0 Å². The fourth-order valence-electron chi connectivity index (χ4n) is 1.53. The van der Waals surface area contributed by atoms with Gasteiger partial charge in [-0.1, -0.05) is 19.9 Å². The maximum Gasteiger partial charge on any atom is 0.128 e. The SMILES string of the molecule is CCNCc1c(F)cccc1SC(C)CCO. The van der Waals surface area contributed by atoms with Crippen molar-refractivity contribution in [1.29, 1.82) is 0 Å². The van der Waals surface area contributed by atoms with E-state index < -0.39 is 0 Å².